The predicted octanol–water partition coefficient (Wildman–Crippen LogP) is 8.42. The van der Waals surface area contributed by atoms with E-state index in [-0.39, 0.29) is 136 Å². The third kappa shape index (κ3) is 30.2. The van der Waals surface area contributed by atoms with E-state index in [0.717, 1.165) is 12.3 Å². The standard InChI is InChI=1S/C78H101F2N15O19S2/c1-8-27-81-76(103)87-56-16-12-18-60(45-56)116(107,108)92-57-17-11-15-52(42-57)63(46-68(97)98)89-78(105)86-55-23-21-54(22-24-55)85-77(104)82-28-35-110-37-39-111-38-36-109-34-26-67(96)88-64(47-69(99)114-33-14-30-95(4,5)6)74(102)94-29-13-19-65(94)72(100)90-70(50(2)3)73(101)93-115(7,106)49-51-40-58-44-59(41-51)112-31-9-10-32-113-66-43-53(79)20-25-61(66)71-62(80)48-83-75(84-58)91-71/h11-12,15-18,20-25,40-45,48,50,63-65,70,92H,8-10,13-14,19,26-39,46-47,49H2,1-7H3,(H9-,81,82,83,84,85,86,87,88,89,90,91,96,97,98,100,103,104,105)/p+1. The Bertz CT molecular complexity index is 4670. The van der Waals surface area contributed by atoms with Crippen molar-refractivity contribution in [2.75, 3.05) is 139 Å². The van der Waals surface area contributed by atoms with Crippen molar-refractivity contribution in [3.05, 3.63) is 138 Å². The number of carboxylic acid groups (broad SMARTS) is 1. The zero-order valence-electron chi connectivity index (χ0n) is 65.7. The van der Waals surface area contributed by atoms with Crippen molar-refractivity contribution < 1.29 is 103 Å². The zero-order valence-corrected chi connectivity index (χ0v) is 67.4. The maximum absolute atomic E-state index is 15.3. The Labute approximate surface area is 672 Å². The minimum absolute atomic E-state index is 0.0384. The normalized spacial score (nSPS) is 14.7. The number of aromatic nitrogens is 2. The summed E-state index contributed by atoms with van der Waals surface area (Å²) in [5.41, 5.74) is 2.10. The van der Waals surface area contributed by atoms with Crippen molar-refractivity contribution in [1.82, 2.24) is 41.5 Å². The van der Waals surface area contributed by atoms with Gasteiger partial charge in [-0.1, -0.05) is 39.0 Å². The molecule has 628 valence electrons. The van der Waals surface area contributed by atoms with E-state index in [1.165, 1.54) is 96.1 Å². The minimum Gasteiger partial charge on any atom is -0.494 e. The van der Waals surface area contributed by atoms with E-state index in [4.69, 9.17) is 28.4 Å². The third-order valence-electron chi connectivity index (χ3n) is 17.6. The molecule has 2 aliphatic heterocycles. The zero-order chi connectivity index (χ0) is 84.0. The number of rotatable bonds is 38. The molecule has 6 aromatic rings. The smallest absolute Gasteiger partial charge is 0.319 e. The second kappa shape index (κ2) is 44.1. The first-order chi connectivity index (χ1) is 55.3. The molecule has 3 heterocycles. The number of ether oxygens (including phenoxy) is 6. The molecular formula is C78H102F2N15O19S2+. The highest BCUT2D eigenvalue weighted by Crippen LogP contribution is 2.34. The van der Waals surface area contributed by atoms with Crippen LogP contribution in [0.15, 0.2) is 125 Å². The molecule has 10 amide bonds. The molecule has 0 spiro atoms. The molecule has 8 rings (SSSR count). The number of aliphatic carboxylic acids is 1. The highest BCUT2D eigenvalue weighted by Gasteiger charge is 2.40. The number of nitrogens with zero attached hydrogens (tertiary/aromatic N) is 5. The third-order valence-corrected chi connectivity index (χ3v) is 20.4. The number of sulfonamides is 1. The first-order valence-electron chi connectivity index (χ1n) is 37.8. The molecule has 38 heteroatoms. The van der Waals surface area contributed by atoms with Gasteiger partial charge in [-0.25, -0.2) is 45.8 Å². The molecule has 5 aromatic carbocycles. The molecule has 1 fully saturated rings. The number of quaternary nitrogens is 1. The fourth-order valence-corrected chi connectivity index (χ4v) is 14.4. The van der Waals surface area contributed by atoms with Crippen molar-refractivity contribution in [3.63, 3.8) is 0 Å². The number of hydrogen-bond donors (Lipinski definition) is 11. The van der Waals surface area contributed by atoms with Gasteiger partial charge >= 0.3 is 30.0 Å². The SMILES string of the molecule is CCCNC(=O)Nc1cccc(S(=O)(=O)Nc2cccc(C(CC(=O)O)NC(=O)Nc3ccc(NC(=O)NCCOCCOCCOCCC(=O)NC(CC(=O)OCCC[N+](C)(C)C)C(=O)N4CCCC4C(=O)NC(C(=O)N=S(C)(=O)Cc4cc5cc(c4)OCCCCOc4cc(F)ccc4-c4nc(ncc4F)N5)C(C)C)cc3)c2)c1. The lowest BCUT2D eigenvalue weighted by molar-refractivity contribution is -0.870. The largest absolute Gasteiger partial charge is 0.494 e. The first kappa shape index (κ1) is 90.3. The maximum atomic E-state index is 15.3. The molecule has 0 radical (unpaired) electrons. The number of carbonyl (C=O) groups excluding carboxylic acids is 8. The summed E-state index contributed by atoms with van der Waals surface area (Å²) in [6.45, 7) is 7.51. The number of halogens is 2. The van der Waals surface area contributed by atoms with Gasteiger partial charge in [-0.05, 0) is 128 Å². The lowest BCUT2D eigenvalue weighted by atomic mass is 10.0. The van der Waals surface area contributed by atoms with Gasteiger partial charge in [0, 0.05) is 84.9 Å². The second-order valence-corrected chi connectivity index (χ2v) is 32.8. The molecule has 1 saturated heterocycles. The second-order valence-electron chi connectivity index (χ2n) is 28.7. The fourth-order valence-electron chi connectivity index (χ4n) is 12.0. The topological polar surface area (TPSA) is 442 Å². The average molecular weight is 1660 g/mol. The van der Waals surface area contributed by atoms with E-state index in [9.17, 15) is 65.3 Å². The predicted molar refractivity (Wildman–Crippen MR) is 428 cm³/mol. The number of nitrogens with one attached hydrogen (secondary N) is 10. The van der Waals surface area contributed by atoms with Gasteiger partial charge in [-0.2, -0.15) is 4.36 Å². The van der Waals surface area contributed by atoms with Crippen molar-refractivity contribution >= 4 is 108 Å². The van der Waals surface area contributed by atoms with Crippen LogP contribution in [0, 0.1) is 17.6 Å². The Kier molecular flexibility index (Phi) is 34.3. The van der Waals surface area contributed by atoms with Crippen LogP contribution >= 0.6 is 0 Å². The van der Waals surface area contributed by atoms with Crippen LogP contribution in [0.2, 0.25) is 0 Å². The number of carbonyl (C=O) groups is 9. The monoisotopic (exact) mass is 1650 g/mol. The lowest BCUT2D eigenvalue weighted by Gasteiger charge is -2.30. The number of urea groups is 3. The van der Waals surface area contributed by atoms with Crippen molar-refractivity contribution in [1.29, 1.82) is 0 Å². The summed E-state index contributed by atoms with van der Waals surface area (Å²) in [4.78, 5) is 129. The number of anilines is 6. The van der Waals surface area contributed by atoms with Gasteiger partial charge in [0.25, 0.3) is 15.9 Å². The summed E-state index contributed by atoms with van der Waals surface area (Å²) in [5, 5.41) is 33.9. The number of esters is 1. The van der Waals surface area contributed by atoms with Crippen LogP contribution in [0.4, 0.5) is 57.5 Å². The van der Waals surface area contributed by atoms with Gasteiger partial charge in [0.15, 0.2) is 5.82 Å². The average Bonchev–Trinajstić information content (AvgIpc) is 1.58. The van der Waals surface area contributed by atoms with Gasteiger partial charge in [0.05, 0.1) is 133 Å². The molecule has 0 aliphatic carbocycles. The van der Waals surface area contributed by atoms with E-state index < -0.39 is 128 Å². The van der Waals surface area contributed by atoms with Crippen molar-refractivity contribution in [2.24, 2.45) is 10.3 Å². The van der Waals surface area contributed by atoms with Crippen LogP contribution in [0.1, 0.15) is 95.7 Å². The van der Waals surface area contributed by atoms with Gasteiger partial charge in [-0.15, -0.1) is 0 Å². The Morgan fingerprint density at radius 1 is 0.716 bits per heavy atom. The number of carboxylic acids is 1. The summed E-state index contributed by atoms with van der Waals surface area (Å²) in [5.74, 6) is -6.77. The van der Waals surface area contributed by atoms with Gasteiger partial charge in [-0.3, -0.25) is 33.5 Å². The van der Waals surface area contributed by atoms with Crippen LogP contribution in [-0.2, 0) is 73.2 Å². The number of fused-ring (bicyclic) bond motifs is 6. The van der Waals surface area contributed by atoms with E-state index in [0.29, 0.717) is 78.1 Å². The van der Waals surface area contributed by atoms with Gasteiger partial charge in [0.2, 0.25) is 23.7 Å². The van der Waals surface area contributed by atoms with E-state index in [1.807, 2.05) is 28.1 Å². The Hall–Kier alpha value is -11.2. The highest BCUT2D eigenvalue weighted by atomic mass is 32.2. The molecule has 1 aromatic heterocycles. The first-order valence-corrected chi connectivity index (χ1v) is 41.4. The van der Waals surface area contributed by atoms with E-state index in [2.05, 4.69) is 66.9 Å². The summed E-state index contributed by atoms with van der Waals surface area (Å²) >= 11 is 0. The summed E-state index contributed by atoms with van der Waals surface area (Å²) in [7, 11) is -1.66. The van der Waals surface area contributed by atoms with Crippen molar-refractivity contribution in [3.8, 4) is 22.8 Å². The van der Waals surface area contributed by atoms with Crippen LogP contribution in [0.5, 0.6) is 11.5 Å². The lowest BCUT2D eigenvalue weighted by Crippen LogP contribution is -2.56. The number of amides is 10. The molecule has 2 aliphatic rings. The van der Waals surface area contributed by atoms with E-state index in [1.54, 1.807) is 32.0 Å². The number of benzene rings is 5. The molecule has 34 nitrogen and oxygen atoms in total. The number of likely N-dealkylation sites (tertiary alicyclic amines) is 1. The minimum atomic E-state index is -4.19. The summed E-state index contributed by atoms with van der Waals surface area (Å²) in [6, 6.07) is 19.3. The Balaban J connectivity index is 0.750. The van der Waals surface area contributed by atoms with Crippen molar-refractivity contribution in [2.45, 2.75) is 113 Å². The van der Waals surface area contributed by atoms with Crippen LogP contribution in [0.25, 0.3) is 11.3 Å². The van der Waals surface area contributed by atoms with Crippen LogP contribution in [0.3, 0.4) is 0 Å². The summed E-state index contributed by atoms with van der Waals surface area (Å²) < 4.78 is 112. The van der Waals surface area contributed by atoms with Gasteiger partial charge < -0.3 is 90.8 Å². The van der Waals surface area contributed by atoms with Crippen LogP contribution < -0.4 is 62.0 Å². The molecule has 11 N–H and O–H groups in total. The van der Waals surface area contributed by atoms with Gasteiger partial charge in [0.1, 0.15) is 41.1 Å². The molecule has 5 atom stereocenters. The summed E-state index contributed by atoms with van der Waals surface area (Å²) in [6.07, 6.45) is 3.68. The quantitative estimate of drug-likeness (QED) is 0.00983. The molecule has 116 heavy (non-hydrogen) atoms. The van der Waals surface area contributed by atoms with Crippen LogP contribution in [-0.4, -0.2) is 222 Å². The maximum Gasteiger partial charge on any atom is 0.319 e. The molecule has 5 unspecified atom stereocenters. The Morgan fingerprint density at radius 2 is 1.38 bits per heavy atom. The molecular weight excluding hydrogens is 1550 g/mol. The van der Waals surface area contributed by atoms with E-state index >= 15 is 4.39 Å². The molecule has 0 saturated carbocycles. The highest BCUT2D eigenvalue weighted by molar-refractivity contribution is 7.93. The number of hydrogen-bond acceptors (Lipinski definition) is 21. The Morgan fingerprint density at radius 3 is 2.08 bits per heavy atom. The molecule has 4 bridgehead atoms. The fraction of sp³-hybridized carbons (Fsp3) is 0.449.